The topological polar surface area (TPSA) is 16.4 Å². The number of furan rings is 1. The first-order valence-corrected chi connectivity index (χ1v) is 19.2. The number of rotatable bonds is 6. The third-order valence-electron chi connectivity index (χ3n) is 11.3. The fraction of sp³-hybridized carbons (Fsp3) is 0. The van der Waals surface area contributed by atoms with Gasteiger partial charge in [-0.05, 0) is 115 Å². The largest absolute Gasteiger partial charge is 0.456 e. The molecule has 2 nitrogen and oxygen atoms in total. The number of benzene rings is 10. The van der Waals surface area contributed by atoms with Gasteiger partial charge in [0.15, 0.2) is 0 Å². The number of anilines is 3. The number of hydrogen-bond acceptors (Lipinski definition) is 2. The smallest absolute Gasteiger partial charge is 0.136 e. The average molecular weight is 714 g/mol. The molecule has 0 amide bonds. The summed E-state index contributed by atoms with van der Waals surface area (Å²) < 4.78 is 6.22. The number of nitrogens with zero attached hydrogens (tertiary/aromatic N) is 1. The Labute approximate surface area is 325 Å². The molecule has 0 aliphatic carbocycles. The number of para-hydroxylation sites is 2. The molecule has 0 N–H and O–H groups in total. The first-order valence-electron chi connectivity index (χ1n) is 19.2. The van der Waals surface area contributed by atoms with E-state index in [9.17, 15) is 0 Å². The van der Waals surface area contributed by atoms with Crippen LogP contribution in [-0.2, 0) is 0 Å². The fourth-order valence-electron chi connectivity index (χ4n) is 8.49. The molecule has 1 heterocycles. The van der Waals surface area contributed by atoms with Gasteiger partial charge in [-0.15, -0.1) is 0 Å². The minimum absolute atomic E-state index is 0.914. The Bertz CT molecular complexity index is 3230. The summed E-state index contributed by atoms with van der Waals surface area (Å²) in [4.78, 5) is 2.39. The van der Waals surface area contributed by atoms with Crippen LogP contribution in [0.5, 0.6) is 0 Å². The van der Waals surface area contributed by atoms with E-state index in [1.807, 2.05) is 12.1 Å². The van der Waals surface area contributed by atoms with Crippen LogP contribution in [0.4, 0.5) is 17.1 Å². The van der Waals surface area contributed by atoms with Crippen LogP contribution in [0.1, 0.15) is 0 Å². The van der Waals surface area contributed by atoms with Gasteiger partial charge in [0.25, 0.3) is 0 Å². The molecule has 0 aliphatic rings. The molecule has 0 saturated heterocycles. The number of fused-ring (bicyclic) bond motifs is 8. The van der Waals surface area contributed by atoms with E-state index >= 15 is 0 Å². The summed E-state index contributed by atoms with van der Waals surface area (Å²) in [6.07, 6.45) is 0. The van der Waals surface area contributed by atoms with E-state index in [1.54, 1.807) is 0 Å². The van der Waals surface area contributed by atoms with E-state index in [2.05, 4.69) is 205 Å². The van der Waals surface area contributed by atoms with Crippen molar-refractivity contribution in [2.45, 2.75) is 0 Å². The van der Waals surface area contributed by atoms with Crippen molar-refractivity contribution in [3.63, 3.8) is 0 Å². The van der Waals surface area contributed by atoms with Crippen molar-refractivity contribution in [3.05, 3.63) is 212 Å². The van der Waals surface area contributed by atoms with E-state index in [0.29, 0.717) is 0 Å². The van der Waals surface area contributed by atoms with Gasteiger partial charge in [-0.25, -0.2) is 0 Å². The first kappa shape index (κ1) is 32.0. The quantitative estimate of drug-likeness (QED) is 0.160. The molecule has 56 heavy (non-hydrogen) atoms. The maximum absolute atomic E-state index is 6.22. The fourth-order valence-corrected chi connectivity index (χ4v) is 8.49. The van der Waals surface area contributed by atoms with E-state index < -0.39 is 0 Å². The van der Waals surface area contributed by atoms with Crippen molar-refractivity contribution < 1.29 is 4.42 Å². The lowest BCUT2D eigenvalue weighted by Crippen LogP contribution is -2.11. The minimum Gasteiger partial charge on any atom is -0.456 e. The summed E-state index contributed by atoms with van der Waals surface area (Å²) in [5.41, 5.74) is 12.2. The highest BCUT2D eigenvalue weighted by Gasteiger charge is 2.19. The maximum Gasteiger partial charge on any atom is 0.136 e. The van der Waals surface area contributed by atoms with Gasteiger partial charge in [-0.1, -0.05) is 158 Å². The van der Waals surface area contributed by atoms with E-state index in [1.165, 1.54) is 54.6 Å². The van der Waals surface area contributed by atoms with Crippen LogP contribution in [-0.4, -0.2) is 0 Å². The molecule has 0 atom stereocenters. The van der Waals surface area contributed by atoms with Gasteiger partial charge in [0.2, 0.25) is 0 Å². The molecule has 2 heteroatoms. The Balaban J connectivity index is 1.03. The first-order chi connectivity index (χ1) is 27.7. The predicted octanol–water partition coefficient (Wildman–Crippen LogP) is 15.5. The lowest BCUT2D eigenvalue weighted by molar-refractivity contribution is 0.669. The van der Waals surface area contributed by atoms with Crippen molar-refractivity contribution in [2.24, 2.45) is 0 Å². The van der Waals surface area contributed by atoms with Crippen molar-refractivity contribution in [1.29, 1.82) is 0 Å². The molecule has 11 rings (SSSR count). The summed E-state index contributed by atoms with van der Waals surface area (Å²) in [5, 5.41) is 9.76. The van der Waals surface area contributed by atoms with E-state index in [4.69, 9.17) is 4.42 Å². The van der Waals surface area contributed by atoms with E-state index in [-0.39, 0.29) is 0 Å². The van der Waals surface area contributed by atoms with Gasteiger partial charge in [-0.2, -0.15) is 0 Å². The second kappa shape index (κ2) is 13.2. The Morgan fingerprint density at radius 3 is 1.66 bits per heavy atom. The molecule has 262 valence electrons. The summed E-state index contributed by atoms with van der Waals surface area (Å²) in [7, 11) is 0. The van der Waals surface area contributed by atoms with Crippen LogP contribution in [0, 0.1) is 0 Å². The molecule has 1 aromatic heterocycles. The highest BCUT2D eigenvalue weighted by atomic mass is 16.3. The number of hydrogen-bond donors (Lipinski definition) is 0. The molecule has 0 fully saturated rings. The molecule has 0 saturated carbocycles. The van der Waals surface area contributed by atoms with Gasteiger partial charge in [0.05, 0.1) is 5.69 Å². The molecule has 0 aliphatic heterocycles. The van der Waals surface area contributed by atoms with Crippen LogP contribution >= 0.6 is 0 Å². The van der Waals surface area contributed by atoms with Crippen LogP contribution < -0.4 is 4.90 Å². The SMILES string of the molecule is c1ccc(-c2ccc(N(c3ccc(-c4ccc5c(ccc6ccccc65)c4)cc3)c3ccccc3-c3ccc4c(ccc5oc6ccccc6c54)c3)cc2)cc1. The van der Waals surface area contributed by atoms with Crippen molar-refractivity contribution in [1.82, 2.24) is 0 Å². The molecular formula is C54H35NO. The Hall–Kier alpha value is -7.42. The van der Waals surface area contributed by atoms with Gasteiger partial charge in [-0.3, -0.25) is 0 Å². The van der Waals surface area contributed by atoms with Crippen molar-refractivity contribution in [2.75, 3.05) is 4.90 Å². The molecule has 0 radical (unpaired) electrons. The third kappa shape index (κ3) is 5.42. The Kier molecular flexibility index (Phi) is 7.53. The third-order valence-corrected chi connectivity index (χ3v) is 11.3. The molecule has 0 spiro atoms. The molecule has 10 aromatic carbocycles. The maximum atomic E-state index is 6.22. The monoisotopic (exact) mass is 713 g/mol. The van der Waals surface area contributed by atoms with E-state index in [0.717, 1.165) is 50.1 Å². The van der Waals surface area contributed by atoms with Crippen LogP contribution in [0.3, 0.4) is 0 Å². The van der Waals surface area contributed by atoms with Crippen molar-refractivity contribution >= 4 is 71.3 Å². The van der Waals surface area contributed by atoms with Crippen molar-refractivity contribution in [3.8, 4) is 33.4 Å². The highest BCUT2D eigenvalue weighted by Crippen LogP contribution is 2.43. The lowest BCUT2D eigenvalue weighted by atomic mass is 9.96. The molecule has 0 bridgehead atoms. The van der Waals surface area contributed by atoms with Gasteiger partial charge in [0, 0.05) is 27.7 Å². The second-order valence-corrected chi connectivity index (χ2v) is 14.5. The Morgan fingerprint density at radius 1 is 0.304 bits per heavy atom. The second-order valence-electron chi connectivity index (χ2n) is 14.5. The van der Waals surface area contributed by atoms with Gasteiger partial charge < -0.3 is 9.32 Å². The van der Waals surface area contributed by atoms with Crippen LogP contribution in [0.15, 0.2) is 217 Å². The summed E-state index contributed by atoms with van der Waals surface area (Å²) in [6.45, 7) is 0. The van der Waals surface area contributed by atoms with Gasteiger partial charge in [0.1, 0.15) is 11.2 Å². The summed E-state index contributed by atoms with van der Waals surface area (Å²) >= 11 is 0. The predicted molar refractivity (Wildman–Crippen MR) is 237 cm³/mol. The summed E-state index contributed by atoms with van der Waals surface area (Å²) in [5.74, 6) is 0. The minimum atomic E-state index is 0.914. The molecule has 11 aromatic rings. The zero-order valence-corrected chi connectivity index (χ0v) is 30.6. The zero-order valence-electron chi connectivity index (χ0n) is 30.6. The lowest BCUT2D eigenvalue weighted by Gasteiger charge is -2.28. The summed E-state index contributed by atoms with van der Waals surface area (Å²) in [6, 6.07) is 76.6. The Morgan fingerprint density at radius 2 is 0.839 bits per heavy atom. The van der Waals surface area contributed by atoms with Crippen LogP contribution in [0.25, 0.3) is 87.6 Å². The zero-order chi connectivity index (χ0) is 37.0. The van der Waals surface area contributed by atoms with Crippen LogP contribution in [0.2, 0.25) is 0 Å². The standard InChI is InChI=1S/C54H35NO/c1-2-10-36(11-3-1)37-20-27-44(28-21-37)55(45-29-22-38(23-30-45)40-24-31-47-41(34-40)19-18-39-12-4-5-13-46(39)47)51-16-8-6-14-48(51)42-25-32-49-43(35-42)26-33-53-54(49)50-15-7-9-17-52(50)56-53/h1-35H. The molecular weight excluding hydrogens is 679 g/mol. The average Bonchev–Trinajstić information content (AvgIpc) is 3.66. The van der Waals surface area contributed by atoms with Gasteiger partial charge >= 0.3 is 0 Å². The normalized spacial score (nSPS) is 11.6. The highest BCUT2D eigenvalue weighted by molar-refractivity contribution is 6.19. The molecule has 0 unspecified atom stereocenters.